The Hall–Kier alpha value is -2.91. The van der Waals surface area contributed by atoms with Gasteiger partial charge in [0.1, 0.15) is 16.7 Å². The van der Waals surface area contributed by atoms with E-state index in [-0.39, 0.29) is 11.9 Å². The second-order valence-corrected chi connectivity index (χ2v) is 8.33. The summed E-state index contributed by atoms with van der Waals surface area (Å²) in [6, 6.07) is 12.4. The van der Waals surface area contributed by atoms with Crippen molar-refractivity contribution < 1.29 is 14.3 Å². The van der Waals surface area contributed by atoms with Crippen molar-refractivity contribution in [1.82, 2.24) is 14.9 Å². The highest BCUT2D eigenvalue weighted by Crippen LogP contribution is 2.39. The fourth-order valence-corrected chi connectivity index (χ4v) is 4.77. The number of thioether (sulfide) groups is 1. The number of methoxy groups -OCH3 is 2. The number of amides is 1. The van der Waals surface area contributed by atoms with Gasteiger partial charge in [-0.05, 0) is 29.8 Å². The maximum Gasteiger partial charge on any atom is 0.240 e. The summed E-state index contributed by atoms with van der Waals surface area (Å²) >= 11 is 7.73. The first-order valence-corrected chi connectivity index (χ1v) is 11.0. The Balaban J connectivity index is 1.70. The zero-order valence-electron chi connectivity index (χ0n) is 17.3. The number of para-hydroxylation sites is 2. The summed E-state index contributed by atoms with van der Waals surface area (Å²) in [7, 11) is 3.13. The molecule has 162 valence electrons. The summed E-state index contributed by atoms with van der Waals surface area (Å²) < 4.78 is 12.5. The fraction of sp³-hybridized carbons (Fsp3) is 0.286. The highest BCUT2D eigenvalue weighted by Gasteiger charge is 2.38. The summed E-state index contributed by atoms with van der Waals surface area (Å²) in [5.41, 5.74) is 4.85. The lowest BCUT2D eigenvalue weighted by Crippen LogP contribution is -2.41. The van der Waals surface area contributed by atoms with E-state index >= 15 is 0 Å². The normalized spacial score (nSPS) is 17.4. The molecule has 1 aromatic heterocycles. The Morgan fingerprint density at radius 1 is 1.19 bits per heavy atom. The lowest BCUT2D eigenvalue weighted by Gasteiger charge is -2.33. The first kappa shape index (κ1) is 21.3. The van der Waals surface area contributed by atoms with Gasteiger partial charge in [0.05, 0.1) is 31.0 Å². The van der Waals surface area contributed by atoms with Gasteiger partial charge >= 0.3 is 0 Å². The van der Waals surface area contributed by atoms with Gasteiger partial charge in [0.25, 0.3) is 0 Å². The molecule has 1 aliphatic rings. The SMILES string of the molecule is CCc1nnc2n1N[C@H](c1ccc(OC)c(Cl)c1)[C@H](C(=O)Nc1ccccc1OC)S2. The van der Waals surface area contributed by atoms with E-state index in [1.165, 1.54) is 11.8 Å². The van der Waals surface area contributed by atoms with Crippen molar-refractivity contribution in [2.45, 2.75) is 29.8 Å². The van der Waals surface area contributed by atoms with Crippen molar-refractivity contribution >= 4 is 35.0 Å². The molecule has 3 aromatic rings. The van der Waals surface area contributed by atoms with E-state index in [2.05, 4.69) is 20.9 Å². The first-order valence-electron chi connectivity index (χ1n) is 9.70. The Labute approximate surface area is 189 Å². The van der Waals surface area contributed by atoms with Crippen LogP contribution in [0.2, 0.25) is 5.02 Å². The number of hydrogen-bond donors (Lipinski definition) is 2. The molecule has 0 unspecified atom stereocenters. The van der Waals surface area contributed by atoms with Crippen LogP contribution in [0.25, 0.3) is 0 Å². The Morgan fingerprint density at radius 3 is 2.68 bits per heavy atom. The standard InChI is InChI=1S/C21H22ClN5O3S/c1-4-17-24-25-21-27(17)26-18(12-9-10-15(29-2)13(22)11-12)19(31-21)20(28)23-14-7-5-6-8-16(14)30-3/h5-11,18-19,26H,4H2,1-3H3,(H,23,28)/t18-,19-/m1/s1. The molecule has 2 aromatic carbocycles. The van der Waals surface area contributed by atoms with Gasteiger partial charge in [0.15, 0.2) is 5.82 Å². The predicted molar refractivity (Wildman–Crippen MR) is 121 cm³/mol. The molecule has 10 heteroatoms. The van der Waals surface area contributed by atoms with Crippen LogP contribution in [0.1, 0.15) is 24.4 Å². The fourth-order valence-electron chi connectivity index (χ4n) is 3.41. The van der Waals surface area contributed by atoms with Gasteiger partial charge in [-0.15, -0.1) is 10.2 Å². The number of hydrogen-bond acceptors (Lipinski definition) is 7. The topological polar surface area (TPSA) is 90.3 Å². The van der Waals surface area contributed by atoms with Crippen LogP contribution in [-0.4, -0.2) is 40.3 Å². The van der Waals surface area contributed by atoms with Gasteiger partial charge < -0.3 is 20.2 Å². The molecule has 2 atom stereocenters. The van der Waals surface area contributed by atoms with Crippen molar-refractivity contribution in [3.8, 4) is 11.5 Å². The van der Waals surface area contributed by atoms with Crippen molar-refractivity contribution in [2.75, 3.05) is 25.0 Å². The van der Waals surface area contributed by atoms with E-state index in [9.17, 15) is 4.79 Å². The minimum atomic E-state index is -0.532. The summed E-state index contributed by atoms with van der Waals surface area (Å²) in [5, 5.41) is 12.0. The van der Waals surface area contributed by atoms with E-state index in [1.54, 1.807) is 32.4 Å². The molecular formula is C21H22ClN5O3S. The number of benzene rings is 2. The molecule has 0 aliphatic carbocycles. The van der Waals surface area contributed by atoms with Crippen LogP contribution < -0.4 is 20.2 Å². The van der Waals surface area contributed by atoms with Crippen molar-refractivity contribution in [1.29, 1.82) is 0 Å². The maximum atomic E-state index is 13.4. The van der Waals surface area contributed by atoms with Crippen LogP contribution in [0.4, 0.5) is 5.69 Å². The van der Waals surface area contributed by atoms with E-state index in [0.29, 0.717) is 33.8 Å². The maximum absolute atomic E-state index is 13.4. The number of aryl methyl sites for hydroxylation is 1. The van der Waals surface area contributed by atoms with Gasteiger partial charge in [-0.1, -0.05) is 48.5 Å². The number of anilines is 1. The molecule has 4 rings (SSSR count). The smallest absolute Gasteiger partial charge is 0.240 e. The molecule has 2 heterocycles. The third-order valence-electron chi connectivity index (χ3n) is 4.98. The lowest BCUT2D eigenvalue weighted by atomic mass is 10.0. The molecule has 8 nitrogen and oxygen atoms in total. The average Bonchev–Trinajstić information content (AvgIpc) is 3.20. The number of rotatable bonds is 6. The van der Waals surface area contributed by atoms with Crippen molar-refractivity contribution in [3.05, 3.63) is 58.9 Å². The summed E-state index contributed by atoms with van der Waals surface area (Å²) in [6.45, 7) is 2.00. The van der Waals surface area contributed by atoms with Gasteiger partial charge in [0, 0.05) is 6.42 Å². The number of ether oxygens (including phenoxy) is 2. The van der Waals surface area contributed by atoms with Crippen LogP contribution in [0, 0.1) is 0 Å². The van der Waals surface area contributed by atoms with Gasteiger partial charge in [0.2, 0.25) is 11.1 Å². The van der Waals surface area contributed by atoms with Crippen LogP contribution in [0.3, 0.4) is 0 Å². The summed E-state index contributed by atoms with van der Waals surface area (Å²) in [6.07, 6.45) is 0.703. The minimum absolute atomic E-state index is 0.189. The Bertz CT molecular complexity index is 1110. The molecule has 0 spiro atoms. The monoisotopic (exact) mass is 459 g/mol. The van der Waals surface area contributed by atoms with E-state index in [1.807, 2.05) is 35.9 Å². The number of nitrogens with zero attached hydrogens (tertiary/aromatic N) is 3. The second-order valence-electron chi connectivity index (χ2n) is 6.82. The van der Waals surface area contributed by atoms with Gasteiger partial charge in [-0.25, -0.2) is 4.68 Å². The average molecular weight is 460 g/mol. The van der Waals surface area contributed by atoms with Gasteiger partial charge in [-0.3, -0.25) is 4.79 Å². The highest BCUT2D eigenvalue weighted by atomic mass is 35.5. The number of halogens is 1. The number of aromatic nitrogens is 3. The number of nitrogens with one attached hydrogen (secondary N) is 2. The van der Waals surface area contributed by atoms with E-state index in [4.69, 9.17) is 21.1 Å². The molecule has 1 amide bonds. The first-order chi connectivity index (χ1) is 15.0. The molecule has 0 fully saturated rings. The molecule has 0 radical (unpaired) electrons. The number of carbonyl (C=O) groups is 1. The summed E-state index contributed by atoms with van der Waals surface area (Å²) in [4.78, 5) is 13.4. The second kappa shape index (κ2) is 9.07. The van der Waals surface area contributed by atoms with Crippen molar-refractivity contribution in [2.24, 2.45) is 0 Å². The molecule has 0 bridgehead atoms. The van der Waals surface area contributed by atoms with E-state index in [0.717, 1.165) is 11.4 Å². The zero-order chi connectivity index (χ0) is 22.0. The van der Waals surface area contributed by atoms with Crippen LogP contribution in [0.15, 0.2) is 47.6 Å². The number of fused-ring (bicyclic) bond motifs is 1. The largest absolute Gasteiger partial charge is 0.495 e. The van der Waals surface area contributed by atoms with E-state index < -0.39 is 5.25 Å². The molecule has 0 saturated carbocycles. The minimum Gasteiger partial charge on any atom is -0.495 e. The predicted octanol–water partition coefficient (Wildman–Crippen LogP) is 3.91. The quantitative estimate of drug-likeness (QED) is 0.577. The molecule has 31 heavy (non-hydrogen) atoms. The lowest BCUT2D eigenvalue weighted by molar-refractivity contribution is -0.116. The molecular weight excluding hydrogens is 438 g/mol. The Morgan fingerprint density at radius 2 is 1.97 bits per heavy atom. The highest BCUT2D eigenvalue weighted by molar-refractivity contribution is 8.00. The molecule has 0 saturated heterocycles. The zero-order valence-corrected chi connectivity index (χ0v) is 18.8. The van der Waals surface area contributed by atoms with Crippen LogP contribution in [-0.2, 0) is 11.2 Å². The molecule has 2 N–H and O–H groups in total. The molecule has 1 aliphatic heterocycles. The number of carbonyl (C=O) groups excluding carboxylic acids is 1. The van der Waals surface area contributed by atoms with Gasteiger partial charge in [-0.2, -0.15) is 0 Å². The Kier molecular flexibility index (Phi) is 6.24. The summed E-state index contributed by atoms with van der Waals surface area (Å²) in [5.74, 6) is 1.76. The van der Waals surface area contributed by atoms with Crippen LogP contribution in [0.5, 0.6) is 11.5 Å². The van der Waals surface area contributed by atoms with Crippen molar-refractivity contribution in [3.63, 3.8) is 0 Å². The third kappa shape index (κ3) is 4.15. The third-order valence-corrected chi connectivity index (χ3v) is 6.49. The van der Waals surface area contributed by atoms with Crippen LogP contribution >= 0.6 is 23.4 Å².